The summed E-state index contributed by atoms with van der Waals surface area (Å²) < 4.78 is 115. The number of aromatic nitrogens is 2. The third-order valence-electron chi connectivity index (χ3n) is 7.72. The topological polar surface area (TPSA) is 17.8 Å². The molecule has 7 aromatic carbocycles. The van der Waals surface area contributed by atoms with Crippen LogP contribution in [0.25, 0.3) is 71.6 Å². The molecular weight excluding hydrogens is 520 g/mol. The highest BCUT2D eigenvalue weighted by molar-refractivity contribution is 6.21. The Morgan fingerprint density at radius 1 is 0.605 bits per heavy atom. The molecule has 2 heteroatoms. The van der Waals surface area contributed by atoms with Gasteiger partial charge in [0.25, 0.3) is 0 Å². The summed E-state index contributed by atoms with van der Waals surface area (Å²) >= 11 is 0. The Bertz CT molecular complexity index is 2820. The third-order valence-corrected chi connectivity index (χ3v) is 7.72. The summed E-state index contributed by atoms with van der Waals surface area (Å²) in [6.45, 7) is -3.10. The fraction of sp³-hybridized carbons (Fsp3) is 0.0488. The van der Waals surface area contributed by atoms with E-state index in [1.165, 1.54) is 4.57 Å². The molecule has 0 aliphatic carbocycles. The van der Waals surface area contributed by atoms with Gasteiger partial charge < -0.3 is 0 Å². The number of imidazole rings is 1. The molecule has 0 spiro atoms. The molecule has 0 amide bonds. The molecule has 0 saturated heterocycles. The van der Waals surface area contributed by atoms with Gasteiger partial charge in [-0.1, -0.05) is 134 Å². The van der Waals surface area contributed by atoms with Crippen LogP contribution < -0.4 is 0 Å². The number of rotatable bonds is 5. The van der Waals surface area contributed by atoms with E-state index in [1.807, 2.05) is 42.5 Å². The number of hydrogen-bond donors (Lipinski definition) is 0. The van der Waals surface area contributed by atoms with Crippen molar-refractivity contribution < 1.29 is 17.8 Å². The molecule has 1 heterocycles. The van der Waals surface area contributed by atoms with E-state index in [2.05, 4.69) is 4.98 Å². The Kier molecular flexibility index (Phi) is 3.67. The van der Waals surface area contributed by atoms with Crippen molar-refractivity contribution in [2.24, 2.45) is 0 Å². The molecule has 0 unspecified atom stereocenters. The Morgan fingerprint density at radius 2 is 1.16 bits per heavy atom. The first-order valence-corrected chi connectivity index (χ1v) is 13.7. The Balaban J connectivity index is 1.52. The van der Waals surface area contributed by atoms with E-state index >= 15 is 0 Å². The van der Waals surface area contributed by atoms with E-state index in [4.69, 9.17) is 12.3 Å². The van der Waals surface area contributed by atoms with Crippen LogP contribution in [0.4, 0.5) is 0 Å². The zero-order valence-electron chi connectivity index (χ0n) is 35.7. The minimum atomic E-state index is -3.10. The van der Waals surface area contributed by atoms with Crippen LogP contribution in [-0.2, 0) is 6.37 Å². The fourth-order valence-electron chi connectivity index (χ4n) is 5.83. The van der Waals surface area contributed by atoms with E-state index in [0.717, 1.165) is 11.1 Å². The molecule has 0 atom stereocenters. The van der Waals surface area contributed by atoms with Crippen LogP contribution in [0.15, 0.2) is 151 Å². The highest BCUT2D eigenvalue weighted by Crippen LogP contribution is 2.44. The molecule has 2 nitrogen and oxygen atoms in total. The van der Waals surface area contributed by atoms with Gasteiger partial charge in [0, 0.05) is 18.9 Å². The fourth-order valence-corrected chi connectivity index (χ4v) is 5.83. The zero-order valence-corrected chi connectivity index (χ0v) is 22.7. The molecular formula is C41H30N2. The standard InChI is InChI=1S/C41H30N2/c1-2-39-42-37-21-10-11-22-38(37)43(39)32-16-12-15-31(27-32)41-35-19-8-6-17-33(35)40(34-18-7-9-20-36(34)41)30-25-23-29(24-26-30)28-13-4-3-5-14-28/h3-27H,2H2,1H3/i1D3,2D2,6D,7D,8D,9D,17D,18D,19D,20D. The lowest BCUT2D eigenvalue weighted by atomic mass is 9.85. The Labute approximate surface area is 269 Å². The van der Waals surface area contributed by atoms with Gasteiger partial charge in [-0.25, -0.2) is 4.98 Å². The summed E-state index contributed by atoms with van der Waals surface area (Å²) in [5, 5.41) is 0.130. The van der Waals surface area contributed by atoms with Crippen LogP contribution in [0.3, 0.4) is 0 Å². The molecule has 8 aromatic rings. The predicted molar refractivity (Wildman–Crippen MR) is 182 cm³/mol. The van der Waals surface area contributed by atoms with Crippen LogP contribution in [0.2, 0.25) is 0 Å². The van der Waals surface area contributed by atoms with Crippen LogP contribution in [0.5, 0.6) is 0 Å². The molecule has 0 saturated carbocycles. The van der Waals surface area contributed by atoms with Crippen LogP contribution >= 0.6 is 0 Å². The van der Waals surface area contributed by atoms with Crippen molar-refractivity contribution >= 4 is 32.6 Å². The second-order valence-corrected chi connectivity index (χ2v) is 10.1. The summed E-state index contributed by atoms with van der Waals surface area (Å²) in [6.07, 6.45) is -2.91. The Morgan fingerprint density at radius 3 is 1.84 bits per heavy atom. The highest BCUT2D eigenvalue weighted by Gasteiger charge is 2.18. The number of aryl methyl sites for hydroxylation is 1. The SMILES string of the molecule is [2H]c1c([2H])c([2H])c2c(-c3cccc(-n4c(C([2H])([2H])C([2H])([2H])[2H])nc5ccccc54)c3)c3c([2H])c([2H])c([2H])c([2H])c3c(-c3ccc(-c4ccccc4)cc3)c2c1[2H]. The number of hydrogen-bond acceptors (Lipinski definition) is 1. The maximum Gasteiger partial charge on any atom is 0.114 e. The van der Waals surface area contributed by atoms with Crippen molar-refractivity contribution in [3.63, 3.8) is 0 Å². The van der Waals surface area contributed by atoms with E-state index in [-0.39, 0.29) is 49.7 Å². The summed E-state index contributed by atoms with van der Waals surface area (Å²) in [7, 11) is 0. The van der Waals surface area contributed by atoms with Gasteiger partial charge in [0.05, 0.1) is 22.0 Å². The summed E-state index contributed by atoms with van der Waals surface area (Å²) in [5.41, 5.74) is 3.87. The smallest absolute Gasteiger partial charge is 0.114 e. The van der Waals surface area contributed by atoms with Crippen molar-refractivity contribution in [3.05, 3.63) is 157 Å². The quantitative estimate of drug-likeness (QED) is 0.190. The number of benzene rings is 7. The van der Waals surface area contributed by atoms with Crippen molar-refractivity contribution in [2.75, 3.05) is 0 Å². The average molecular weight is 564 g/mol. The second-order valence-electron chi connectivity index (χ2n) is 10.1. The first-order chi connectivity index (χ1) is 26.5. The van der Waals surface area contributed by atoms with Crippen molar-refractivity contribution in [2.45, 2.75) is 13.2 Å². The molecule has 1 aromatic heterocycles. The van der Waals surface area contributed by atoms with E-state index in [1.54, 1.807) is 60.7 Å². The molecule has 43 heavy (non-hydrogen) atoms. The van der Waals surface area contributed by atoms with Gasteiger partial charge >= 0.3 is 0 Å². The largest absolute Gasteiger partial charge is 0.296 e. The van der Waals surface area contributed by atoms with Gasteiger partial charge in [-0.05, 0) is 79.2 Å². The van der Waals surface area contributed by atoms with Gasteiger partial charge in [0.15, 0.2) is 0 Å². The average Bonchev–Trinajstić information content (AvgIpc) is 3.60. The Hall–Kier alpha value is -5.47. The highest BCUT2D eigenvalue weighted by atomic mass is 15.1. The first kappa shape index (κ1) is 15.1. The van der Waals surface area contributed by atoms with Crippen molar-refractivity contribution in [1.29, 1.82) is 0 Å². The maximum absolute atomic E-state index is 9.29. The van der Waals surface area contributed by atoms with E-state index in [9.17, 15) is 5.48 Å². The molecule has 0 fully saturated rings. The summed E-state index contributed by atoms with van der Waals surface area (Å²) in [4.78, 5) is 4.42. The second kappa shape index (κ2) is 10.4. The van der Waals surface area contributed by atoms with Crippen molar-refractivity contribution in [1.82, 2.24) is 9.55 Å². The first-order valence-electron chi connectivity index (χ1n) is 20.2. The van der Waals surface area contributed by atoms with Gasteiger partial charge in [-0.2, -0.15) is 0 Å². The van der Waals surface area contributed by atoms with Crippen LogP contribution in [0, 0.1) is 0 Å². The number of fused-ring (bicyclic) bond motifs is 3. The van der Waals surface area contributed by atoms with Gasteiger partial charge in [0.1, 0.15) is 5.82 Å². The monoisotopic (exact) mass is 563 g/mol. The molecule has 0 aliphatic heterocycles. The molecule has 0 aliphatic rings. The predicted octanol–water partition coefficient (Wildman–Crippen LogP) is 10.9. The van der Waals surface area contributed by atoms with E-state index < -0.39 is 61.6 Å². The summed E-state index contributed by atoms with van der Waals surface area (Å²) in [5.74, 6) is -0.385. The number of para-hydroxylation sites is 2. The normalized spacial score (nSPS) is 16.4. The van der Waals surface area contributed by atoms with E-state index in [0.29, 0.717) is 16.6 Å². The minimum Gasteiger partial charge on any atom is -0.296 e. The third kappa shape index (κ3) is 4.23. The minimum absolute atomic E-state index is 0.0151. The molecule has 0 radical (unpaired) electrons. The van der Waals surface area contributed by atoms with Gasteiger partial charge in [-0.15, -0.1) is 0 Å². The van der Waals surface area contributed by atoms with Crippen LogP contribution in [-0.4, -0.2) is 9.55 Å². The van der Waals surface area contributed by atoms with Crippen LogP contribution in [0.1, 0.15) is 30.5 Å². The van der Waals surface area contributed by atoms with Gasteiger partial charge in [-0.3, -0.25) is 4.57 Å². The molecule has 0 N–H and O–H groups in total. The van der Waals surface area contributed by atoms with Crippen molar-refractivity contribution in [3.8, 4) is 39.1 Å². The lowest BCUT2D eigenvalue weighted by molar-refractivity contribution is 0.908. The van der Waals surface area contributed by atoms with Gasteiger partial charge in [0.2, 0.25) is 0 Å². The zero-order chi connectivity index (χ0) is 40.0. The molecule has 8 rings (SSSR count). The lowest BCUT2D eigenvalue weighted by Crippen LogP contribution is -2.00. The lowest BCUT2D eigenvalue weighted by Gasteiger charge is -2.18. The number of nitrogens with zero attached hydrogens (tertiary/aromatic N) is 2. The molecule has 0 bridgehead atoms. The molecule has 204 valence electrons. The maximum atomic E-state index is 9.29. The summed E-state index contributed by atoms with van der Waals surface area (Å²) in [6, 6.07) is 26.2.